The number of benzene rings is 1. The fraction of sp³-hybridized carbons (Fsp3) is 0.389. The molecule has 0 fully saturated rings. The Kier molecular flexibility index (Phi) is 5.17. The van der Waals surface area contributed by atoms with Crippen LogP contribution < -0.4 is 5.32 Å². The van der Waals surface area contributed by atoms with Crippen LogP contribution in [0.1, 0.15) is 27.3 Å². The summed E-state index contributed by atoms with van der Waals surface area (Å²) in [5.41, 5.74) is 3.72. The van der Waals surface area contributed by atoms with E-state index >= 15 is 0 Å². The van der Waals surface area contributed by atoms with Gasteiger partial charge in [0, 0.05) is 32.4 Å². The van der Waals surface area contributed by atoms with Crippen LogP contribution in [0.4, 0.5) is 0 Å². The maximum absolute atomic E-state index is 12.0. The van der Waals surface area contributed by atoms with Crippen LogP contribution in [-0.4, -0.2) is 51.6 Å². The number of aryl methyl sites for hydroxylation is 1. The van der Waals surface area contributed by atoms with Crippen LogP contribution >= 0.6 is 0 Å². The first-order valence-corrected chi connectivity index (χ1v) is 8.16. The molecule has 6 heteroatoms. The van der Waals surface area contributed by atoms with Crippen LogP contribution in [0, 0.1) is 6.92 Å². The van der Waals surface area contributed by atoms with E-state index in [2.05, 4.69) is 38.4 Å². The summed E-state index contributed by atoms with van der Waals surface area (Å²) < 4.78 is 0. The number of nitrogens with zero attached hydrogens (tertiary/aromatic N) is 3. The molecule has 3 rings (SSSR count). The van der Waals surface area contributed by atoms with Gasteiger partial charge in [0.2, 0.25) is 0 Å². The molecular formula is C18H22N4O2. The predicted molar refractivity (Wildman–Crippen MR) is 90.5 cm³/mol. The van der Waals surface area contributed by atoms with Crippen molar-refractivity contribution in [1.29, 1.82) is 0 Å². The second-order valence-corrected chi connectivity index (χ2v) is 6.16. The predicted octanol–water partition coefficient (Wildman–Crippen LogP) is 0.934. The lowest BCUT2D eigenvalue weighted by molar-refractivity contribution is 0.0837. The number of nitrogens with one attached hydrogen (secondary N) is 1. The zero-order chi connectivity index (χ0) is 16.9. The molecule has 0 spiro atoms. The third-order valence-electron chi connectivity index (χ3n) is 4.19. The van der Waals surface area contributed by atoms with Crippen LogP contribution in [0.3, 0.4) is 0 Å². The first-order chi connectivity index (χ1) is 11.6. The molecule has 0 radical (unpaired) electrons. The van der Waals surface area contributed by atoms with Gasteiger partial charge in [-0.25, -0.2) is 4.98 Å². The van der Waals surface area contributed by atoms with E-state index in [0.29, 0.717) is 6.54 Å². The minimum atomic E-state index is -0.613. The van der Waals surface area contributed by atoms with E-state index in [-0.39, 0.29) is 18.1 Å². The third kappa shape index (κ3) is 4.15. The third-order valence-corrected chi connectivity index (χ3v) is 4.19. The van der Waals surface area contributed by atoms with Gasteiger partial charge in [0.25, 0.3) is 5.91 Å². The Labute approximate surface area is 141 Å². The molecule has 1 unspecified atom stereocenters. The number of rotatable bonds is 5. The van der Waals surface area contributed by atoms with Crippen molar-refractivity contribution >= 4 is 5.91 Å². The fourth-order valence-corrected chi connectivity index (χ4v) is 2.88. The molecule has 2 heterocycles. The smallest absolute Gasteiger partial charge is 0.271 e. The maximum atomic E-state index is 12.0. The van der Waals surface area contributed by atoms with Gasteiger partial charge in [0.05, 0.1) is 18.0 Å². The fourth-order valence-electron chi connectivity index (χ4n) is 2.88. The standard InChI is InChI=1S/C18H22N4O2/c1-13-8-20-17(10-19-13)18(24)21-9-16(23)12-22-7-6-14-4-2-3-5-15(14)11-22/h2-5,8,10,16,23H,6-7,9,11-12H2,1H3,(H,21,24). The van der Waals surface area contributed by atoms with Crippen molar-refractivity contribution in [3.8, 4) is 0 Å². The number of carbonyl (C=O) groups excluding carboxylic acids is 1. The Morgan fingerprint density at radius 2 is 2.08 bits per heavy atom. The van der Waals surface area contributed by atoms with Gasteiger partial charge >= 0.3 is 0 Å². The largest absolute Gasteiger partial charge is 0.390 e. The summed E-state index contributed by atoms with van der Waals surface area (Å²) in [6.07, 6.45) is 3.38. The van der Waals surface area contributed by atoms with Crippen molar-refractivity contribution in [2.75, 3.05) is 19.6 Å². The van der Waals surface area contributed by atoms with Crippen LogP contribution in [-0.2, 0) is 13.0 Å². The van der Waals surface area contributed by atoms with Gasteiger partial charge in [-0.05, 0) is 24.5 Å². The zero-order valence-corrected chi connectivity index (χ0v) is 13.8. The number of hydrogen-bond acceptors (Lipinski definition) is 5. The molecule has 24 heavy (non-hydrogen) atoms. The van der Waals surface area contributed by atoms with E-state index in [1.165, 1.54) is 17.3 Å². The molecule has 2 aromatic rings. The van der Waals surface area contributed by atoms with Crippen LogP contribution in [0.25, 0.3) is 0 Å². The number of aromatic nitrogens is 2. The number of β-amino-alcohol motifs (C(OH)–C–C–N with tert-alkyl or cyclic N) is 1. The molecule has 0 saturated heterocycles. The summed E-state index contributed by atoms with van der Waals surface area (Å²) in [6, 6.07) is 8.39. The molecule has 1 aliphatic rings. The summed E-state index contributed by atoms with van der Waals surface area (Å²) in [6.45, 7) is 4.31. The topological polar surface area (TPSA) is 78.3 Å². The van der Waals surface area contributed by atoms with E-state index in [0.717, 1.165) is 25.2 Å². The molecule has 0 bridgehead atoms. The Morgan fingerprint density at radius 3 is 2.83 bits per heavy atom. The normalized spacial score (nSPS) is 15.6. The van der Waals surface area contributed by atoms with Gasteiger partial charge in [0.1, 0.15) is 5.69 Å². The van der Waals surface area contributed by atoms with Crippen molar-refractivity contribution in [3.63, 3.8) is 0 Å². The van der Waals surface area contributed by atoms with Crippen LogP contribution in [0.15, 0.2) is 36.7 Å². The Balaban J connectivity index is 1.47. The van der Waals surface area contributed by atoms with E-state index in [1.807, 2.05) is 13.0 Å². The monoisotopic (exact) mass is 326 g/mol. The number of fused-ring (bicyclic) bond motifs is 1. The number of hydrogen-bond donors (Lipinski definition) is 2. The number of amides is 1. The molecule has 126 valence electrons. The molecule has 0 saturated carbocycles. The first kappa shape index (κ1) is 16.5. The molecule has 1 amide bonds. The Bertz CT molecular complexity index is 702. The highest BCUT2D eigenvalue weighted by atomic mass is 16.3. The second-order valence-electron chi connectivity index (χ2n) is 6.16. The van der Waals surface area contributed by atoms with E-state index in [1.54, 1.807) is 6.20 Å². The molecular weight excluding hydrogens is 304 g/mol. The quantitative estimate of drug-likeness (QED) is 0.855. The number of aliphatic hydroxyl groups excluding tert-OH is 1. The highest BCUT2D eigenvalue weighted by Gasteiger charge is 2.19. The Morgan fingerprint density at radius 1 is 1.29 bits per heavy atom. The van der Waals surface area contributed by atoms with Gasteiger partial charge in [0.15, 0.2) is 0 Å². The molecule has 0 aliphatic carbocycles. The van der Waals surface area contributed by atoms with Crippen LogP contribution in [0.2, 0.25) is 0 Å². The lowest BCUT2D eigenvalue weighted by Crippen LogP contribution is -2.42. The van der Waals surface area contributed by atoms with E-state index < -0.39 is 6.10 Å². The van der Waals surface area contributed by atoms with Crippen molar-refractivity contribution in [1.82, 2.24) is 20.2 Å². The molecule has 1 aliphatic heterocycles. The first-order valence-electron chi connectivity index (χ1n) is 8.16. The molecule has 1 aromatic carbocycles. The molecule has 2 N–H and O–H groups in total. The van der Waals surface area contributed by atoms with Gasteiger partial charge in [-0.2, -0.15) is 0 Å². The minimum Gasteiger partial charge on any atom is -0.390 e. The average Bonchev–Trinajstić information content (AvgIpc) is 2.60. The van der Waals surface area contributed by atoms with Crippen molar-refractivity contribution < 1.29 is 9.90 Å². The lowest BCUT2D eigenvalue weighted by Gasteiger charge is -2.30. The number of aliphatic hydroxyl groups is 1. The van der Waals surface area contributed by atoms with Crippen LogP contribution in [0.5, 0.6) is 0 Å². The summed E-state index contributed by atoms with van der Waals surface area (Å²) in [5.74, 6) is -0.314. The van der Waals surface area contributed by atoms with Gasteiger partial charge in [-0.1, -0.05) is 24.3 Å². The van der Waals surface area contributed by atoms with Gasteiger partial charge in [-0.3, -0.25) is 14.7 Å². The summed E-state index contributed by atoms with van der Waals surface area (Å²) >= 11 is 0. The molecule has 1 aromatic heterocycles. The minimum absolute atomic E-state index is 0.201. The summed E-state index contributed by atoms with van der Waals surface area (Å²) in [7, 11) is 0. The van der Waals surface area contributed by atoms with Crippen molar-refractivity contribution in [2.24, 2.45) is 0 Å². The summed E-state index contributed by atoms with van der Waals surface area (Å²) in [4.78, 5) is 22.3. The summed E-state index contributed by atoms with van der Waals surface area (Å²) in [5, 5.41) is 12.9. The average molecular weight is 326 g/mol. The molecule has 1 atom stereocenters. The maximum Gasteiger partial charge on any atom is 0.271 e. The van der Waals surface area contributed by atoms with Gasteiger partial charge < -0.3 is 10.4 Å². The highest BCUT2D eigenvalue weighted by molar-refractivity contribution is 5.91. The molecule has 6 nitrogen and oxygen atoms in total. The lowest BCUT2D eigenvalue weighted by atomic mass is 10.00. The van der Waals surface area contributed by atoms with Crippen molar-refractivity contribution in [2.45, 2.75) is 26.0 Å². The van der Waals surface area contributed by atoms with E-state index in [4.69, 9.17) is 0 Å². The highest BCUT2D eigenvalue weighted by Crippen LogP contribution is 2.18. The number of carbonyl (C=O) groups is 1. The second kappa shape index (κ2) is 7.51. The zero-order valence-electron chi connectivity index (χ0n) is 13.8. The van der Waals surface area contributed by atoms with Gasteiger partial charge in [-0.15, -0.1) is 0 Å². The van der Waals surface area contributed by atoms with Crippen molar-refractivity contribution in [3.05, 3.63) is 59.2 Å². The van der Waals surface area contributed by atoms with E-state index in [9.17, 15) is 9.90 Å². The SMILES string of the molecule is Cc1cnc(C(=O)NCC(O)CN2CCc3ccccc3C2)cn1. The Hall–Kier alpha value is -2.31.